The SMILES string of the molecule is Cc1ccccc1COC(=O)c1cccc(S(=O)(=O)N2C[C@H](C)O[C@@H](C)C2)c1. The monoisotopic (exact) mass is 403 g/mol. The average Bonchev–Trinajstić information content (AvgIpc) is 2.66. The van der Waals surface area contributed by atoms with Crippen LogP contribution in [0.5, 0.6) is 0 Å². The second-order valence-corrected chi connectivity index (χ2v) is 9.05. The molecule has 28 heavy (non-hydrogen) atoms. The number of morpholine rings is 1. The van der Waals surface area contributed by atoms with Gasteiger partial charge in [-0.05, 0) is 50.1 Å². The van der Waals surface area contributed by atoms with E-state index in [-0.39, 0.29) is 42.4 Å². The largest absolute Gasteiger partial charge is 0.457 e. The van der Waals surface area contributed by atoms with Gasteiger partial charge >= 0.3 is 5.97 Å². The molecular formula is C21H25NO5S. The van der Waals surface area contributed by atoms with Crippen LogP contribution in [0.2, 0.25) is 0 Å². The van der Waals surface area contributed by atoms with Crippen molar-refractivity contribution < 1.29 is 22.7 Å². The summed E-state index contributed by atoms with van der Waals surface area (Å²) in [5, 5.41) is 0. The summed E-state index contributed by atoms with van der Waals surface area (Å²) in [5.74, 6) is -0.552. The summed E-state index contributed by atoms with van der Waals surface area (Å²) in [4.78, 5) is 12.5. The minimum absolute atomic E-state index is 0.0825. The summed E-state index contributed by atoms with van der Waals surface area (Å²) < 4.78 is 38.4. The lowest BCUT2D eigenvalue weighted by Gasteiger charge is -2.34. The highest BCUT2D eigenvalue weighted by atomic mass is 32.2. The highest BCUT2D eigenvalue weighted by Gasteiger charge is 2.32. The Hall–Kier alpha value is -2.22. The molecule has 1 aliphatic rings. The predicted octanol–water partition coefficient (Wildman–Crippen LogP) is 3.15. The van der Waals surface area contributed by atoms with Crippen molar-refractivity contribution in [2.75, 3.05) is 13.1 Å². The van der Waals surface area contributed by atoms with Gasteiger partial charge in [-0.1, -0.05) is 30.3 Å². The Balaban J connectivity index is 1.76. The molecule has 2 atom stereocenters. The summed E-state index contributed by atoms with van der Waals surface area (Å²) in [6, 6.07) is 13.6. The van der Waals surface area contributed by atoms with E-state index in [0.717, 1.165) is 11.1 Å². The van der Waals surface area contributed by atoms with Gasteiger partial charge in [0.15, 0.2) is 0 Å². The second kappa shape index (κ2) is 8.43. The van der Waals surface area contributed by atoms with Gasteiger partial charge in [0.05, 0.1) is 22.7 Å². The van der Waals surface area contributed by atoms with Crippen LogP contribution in [0.4, 0.5) is 0 Å². The quantitative estimate of drug-likeness (QED) is 0.717. The van der Waals surface area contributed by atoms with Gasteiger partial charge in [-0.2, -0.15) is 4.31 Å². The maximum absolute atomic E-state index is 13.0. The fraction of sp³-hybridized carbons (Fsp3) is 0.381. The molecule has 2 aromatic rings. The van der Waals surface area contributed by atoms with E-state index >= 15 is 0 Å². The van der Waals surface area contributed by atoms with Crippen LogP contribution in [0.1, 0.15) is 35.3 Å². The number of carbonyl (C=O) groups excluding carboxylic acids is 1. The van der Waals surface area contributed by atoms with Crippen LogP contribution < -0.4 is 0 Å². The van der Waals surface area contributed by atoms with Crippen LogP contribution >= 0.6 is 0 Å². The number of benzene rings is 2. The molecule has 150 valence electrons. The molecule has 0 N–H and O–H groups in total. The average molecular weight is 404 g/mol. The molecule has 7 heteroatoms. The van der Waals surface area contributed by atoms with Crippen molar-refractivity contribution in [1.82, 2.24) is 4.31 Å². The minimum atomic E-state index is -3.71. The molecule has 0 aromatic heterocycles. The molecule has 0 unspecified atom stereocenters. The topological polar surface area (TPSA) is 72.9 Å². The van der Waals surface area contributed by atoms with E-state index < -0.39 is 16.0 Å². The molecule has 0 saturated carbocycles. The maximum atomic E-state index is 13.0. The summed E-state index contributed by atoms with van der Waals surface area (Å²) >= 11 is 0. The van der Waals surface area contributed by atoms with Crippen LogP contribution in [0.3, 0.4) is 0 Å². The van der Waals surface area contributed by atoms with Gasteiger partial charge in [0.1, 0.15) is 6.61 Å². The van der Waals surface area contributed by atoms with E-state index in [1.54, 1.807) is 12.1 Å². The smallest absolute Gasteiger partial charge is 0.338 e. The fourth-order valence-corrected chi connectivity index (χ4v) is 4.90. The Morgan fingerprint density at radius 1 is 1.11 bits per heavy atom. The normalized spacial score (nSPS) is 20.7. The molecule has 0 spiro atoms. The third-order valence-corrected chi connectivity index (χ3v) is 6.54. The Labute approximate surface area is 166 Å². The lowest BCUT2D eigenvalue weighted by Crippen LogP contribution is -2.48. The number of nitrogens with zero attached hydrogens (tertiary/aromatic N) is 1. The number of hydrogen-bond acceptors (Lipinski definition) is 5. The van der Waals surface area contributed by atoms with Gasteiger partial charge in [-0.3, -0.25) is 0 Å². The first-order valence-corrected chi connectivity index (χ1v) is 10.7. The minimum Gasteiger partial charge on any atom is -0.457 e. The maximum Gasteiger partial charge on any atom is 0.338 e. The summed E-state index contributed by atoms with van der Waals surface area (Å²) in [5.41, 5.74) is 2.15. The van der Waals surface area contributed by atoms with Crippen molar-refractivity contribution in [2.24, 2.45) is 0 Å². The van der Waals surface area contributed by atoms with Gasteiger partial charge in [0, 0.05) is 13.1 Å². The summed E-state index contributed by atoms with van der Waals surface area (Å²) in [6.45, 7) is 6.35. The third-order valence-electron chi connectivity index (χ3n) is 4.71. The van der Waals surface area contributed by atoms with E-state index in [2.05, 4.69) is 0 Å². The first-order valence-electron chi connectivity index (χ1n) is 9.24. The molecule has 0 aliphatic carbocycles. The zero-order valence-corrected chi connectivity index (χ0v) is 17.1. The molecule has 6 nitrogen and oxygen atoms in total. The number of aryl methyl sites for hydroxylation is 1. The van der Waals surface area contributed by atoms with E-state index in [1.165, 1.54) is 16.4 Å². The highest BCUT2D eigenvalue weighted by Crippen LogP contribution is 2.22. The van der Waals surface area contributed by atoms with Crippen molar-refractivity contribution >= 4 is 16.0 Å². The van der Waals surface area contributed by atoms with E-state index in [9.17, 15) is 13.2 Å². The number of hydrogen-bond donors (Lipinski definition) is 0. The van der Waals surface area contributed by atoms with Gasteiger partial charge in [0.2, 0.25) is 10.0 Å². The van der Waals surface area contributed by atoms with E-state index in [0.29, 0.717) is 0 Å². The lowest BCUT2D eigenvalue weighted by atomic mass is 10.1. The first kappa shape index (κ1) is 20.5. The second-order valence-electron chi connectivity index (χ2n) is 7.11. The molecule has 0 bridgehead atoms. The zero-order chi connectivity index (χ0) is 20.3. The summed E-state index contributed by atoms with van der Waals surface area (Å²) in [6.07, 6.45) is -0.360. The van der Waals surface area contributed by atoms with Crippen LogP contribution in [0.15, 0.2) is 53.4 Å². The van der Waals surface area contributed by atoms with Crippen LogP contribution in [0, 0.1) is 6.92 Å². The van der Waals surface area contributed by atoms with E-state index in [1.807, 2.05) is 45.0 Å². The zero-order valence-electron chi connectivity index (χ0n) is 16.3. The molecule has 0 radical (unpaired) electrons. The highest BCUT2D eigenvalue weighted by molar-refractivity contribution is 7.89. The number of carbonyl (C=O) groups is 1. The van der Waals surface area contributed by atoms with Crippen LogP contribution in [-0.4, -0.2) is 44.0 Å². The molecule has 1 fully saturated rings. The van der Waals surface area contributed by atoms with Crippen molar-refractivity contribution in [1.29, 1.82) is 0 Å². The Bertz CT molecular complexity index is 947. The van der Waals surface area contributed by atoms with Gasteiger partial charge in [-0.15, -0.1) is 0 Å². The molecule has 1 saturated heterocycles. The van der Waals surface area contributed by atoms with Crippen molar-refractivity contribution in [2.45, 2.75) is 44.5 Å². The van der Waals surface area contributed by atoms with Crippen molar-refractivity contribution in [3.05, 3.63) is 65.2 Å². The standard InChI is InChI=1S/C21H25NO5S/c1-15-7-4-5-8-19(15)14-26-21(23)18-9-6-10-20(11-18)28(24,25)22-12-16(2)27-17(3)13-22/h4-11,16-17H,12-14H2,1-3H3/t16-,17-/m0/s1. The Kier molecular flexibility index (Phi) is 6.17. The predicted molar refractivity (Wildman–Crippen MR) is 106 cm³/mol. The van der Waals surface area contributed by atoms with Crippen LogP contribution in [0.25, 0.3) is 0 Å². The van der Waals surface area contributed by atoms with Gasteiger partial charge < -0.3 is 9.47 Å². The number of ether oxygens (including phenoxy) is 2. The van der Waals surface area contributed by atoms with E-state index in [4.69, 9.17) is 9.47 Å². The van der Waals surface area contributed by atoms with Gasteiger partial charge in [-0.25, -0.2) is 13.2 Å². The van der Waals surface area contributed by atoms with Crippen molar-refractivity contribution in [3.8, 4) is 0 Å². The van der Waals surface area contributed by atoms with Crippen LogP contribution in [-0.2, 0) is 26.1 Å². The molecule has 3 rings (SSSR count). The lowest BCUT2D eigenvalue weighted by molar-refractivity contribution is -0.0440. The van der Waals surface area contributed by atoms with Crippen molar-refractivity contribution in [3.63, 3.8) is 0 Å². The first-order chi connectivity index (χ1) is 13.3. The molecule has 2 aromatic carbocycles. The van der Waals surface area contributed by atoms with Gasteiger partial charge in [0.25, 0.3) is 0 Å². The Morgan fingerprint density at radius 2 is 1.79 bits per heavy atom. The number of rotatable bonds is 5. The molecular weight excluding hydrogens is 378 g/mol. The molecule has 1 aliphatic heterocycles. The number of sulfonamides is 1. The molecule has 0 amide bonds. The molecule has 1 heterocycles. The summed E-state index contributed by atoms with van der Waals surface area (Å²) in [7, 11) is -3.71. The Morgan fingerprint density at radius 3 is 2.46 bits per heavy atom. The number of esters is 1. The fourth-order valence-electron chi connectivity index (χ4n) is 3.26. The third kappa shape index (κ3) is 4.60.